The average molecular weight is 353 g/mol. The van der Waals surface area contributed by atoms with Crippen molar-refractivity contribution in [2.45, 2.75) is 32.0 Å². The highest BCUT2D eigenvalue weighted by molar-refractivity contribution is 5.87. The lowest BCUT2D eigenvalue weighted by atomic mass is 10.0. The van der Waals surface area contributed by atoms with Crippen molar-refractivity contribution >= 4 is 11.9 Å². The van der Waals surface area contributed by atoms with Gasteiger partial charge in [-0.1, -0.05) is 42.5 Å². The minimum Gasteiger partial charge on any atom is -0.478 e. The van der Waals surface area contributed by atoms with E-state index in [1.807, 2.05) is 42.2 Å². The van der Waals surface area contributed by atoms with Crippen molar-refractivity contribution in [3.8, 4) is 0 Å². The number of aryl methyl sites for hydroxylation is 1. The SMILES string of the molecule is CC1CN(C(=O)CCc2ccc(C(=O)O)cc2)CC(c2ccccc2)O1. The van der Waals surface area contributed by atoms with Gasteiger partial charge in [-0.2, -0.15) is 0 Å². The summed E-state index contributed by atoms with van der Waals surface area (Å²) in [6, 6.07) is 16.7. The first kappa shape index (κ1) is 18.1. The number of nitrogens with zero attached hydrogens (tertiary/aromatic N) is 1. The molecule has 136 valence electrons. The molecule has 3 rings (SSSR count). The molecule has 2 atom stereocenters. The summed E-state index contributed by atoms with van der Waals surface area (Å²) < 4.78 is 6.00. The number of carbonyl (C=O) groups excluding carboxylic acids is 1. The van der Waals surface area contributed by atoms with Gasteiger partial charge in [-0.3, -0.25) is 4.79 Å². The fraction of sp³-hybridized carbons (Fsp3) is 0.333. The predicted octanol–water partition coefficient (Wildman–Crippen LogP) is 3.31. The van der Waals surface area contributed by atoms with E-state index in [9.17, 15) is 9.59 Å². The third-order valence-corrected chi connectivity index (χ3v) is 4.61. The minimum atomic E-state index is -0.943. The van der Waals surface area contributed by atoms with Crippen molar-refractivity contribution in [1.82, 2.24) is 4.90 Å². The van der Waals surface area contributed by atoms with Gasteiger partial charge in [0.15, 0.2) is 0 Å². The zero-order chi connectivity index (χ0) is 18.5. The van der Waals surface area contributed by atoms with E-state index in [1.54, 1.807) is 24.3 Å². The molecule has 1 aliphatic rings. The van der Waals surface area contributed by atoms with Crippen LogP contribution in [0.1, 0.15) is 40.9 Å². The molecule has 1 aliphatic heterocycles. The van der Waals surface area contributed by atoms with Gasteiger partial charge >= 0.3 is 5.97 Å². The zero-order valence-corrected chi connectivity index (χ0v) is 14.8. The lowest BCUT2D eigenvalue weighted by Gasteiger charge is -2.37. The van der Waals surface area contributed by atoms with Crippen molar-refractivity contribution in [1.29, 1.82) is 0 Å². The Balaban J connectivity index is 1.59. The van der Waals surface area contributed by atoms with Crippen LogP contribution < -0.4 is 0 Å². The molecule has 2 aromatic carbocycles. The second kappa shape index (κ2) is 8.15. The Morgan fingerprint density at radius 2 is 1.77 bits per heavy atom. The van der Waals surface area contributed by atoms with Crippen LogP contribution in [0.4, 0.5) is 0 Å². The first-order valence-corrected chi connectivity index (χ1v) is 8.83. The van der Waals surface area contributed by atoms with Gasteiger partial charge in [-0.05, 0) is 36.6 Å². The third kappa shape index (κ3) is 4.49. The van der Waals surface area contributed by atoms with Gasteiger partial charge in [0.25, 0.3) is 0 Å². The molecule has 26 heavy (non-hydrogen) atoms. The van der Waals surface area contributed by atoms with Crippen LogP contribution in [-0.2, 0) is 16.0 Å². The normalized spacial score (nSPS) is 20.0. The zero-order valence-electron chi connectivity index (χ0n) is 14.8. The number of carboxylic acid groups (broad SMARTS) is 1. The number of amides is 1. The van der Waals surface area contributed by atoms with Crippen LogP contribution in [0.5, 0.6) is 0 Å². The smallest absolute Gasteiger partial charge is 0.335 e. The van der Waals surface area contributed by atoms with E-state index >= 15 is 0 Å². The summed E-state index contributed by atoms with van der Waals surface area (Å²) >= 11 is 0. The lowest BCUT2D eigenvalue weighted by Crippen LogP contribution is -2.46. The Kier molecular flexibility index (Phi) is 5.68. The third-order valence-electron chi connectivity index (χ3n) is 4.61. The largest absolute Gasteiger partial charge is 0.478 e. The standard InChI is InChI=1S/C21H23NO4/c1-15-13-22(14-19(26-15)17-5-3-2-4-6-17)20(23)12-9-16-7-10-18(11-8-16)21(24)25/h2-8,10-11,15,19H,9,12-14H2,1H3,(H,24,25). The van der Waals surface area contributed by atoms with E-state index in [0.29, 0.717) is 25.9 Å². The first-order chi connectivity index (χ1) is 12.5. The van der Waals surface area contributed by atoms with Crippen molar-refractivity contribution in [3.63, 3.8) is 0 Å². The monoisotopic (exact) mass is 353 g/mol. The highest BCUT2D eigenvalue weighted by Gasteiger charge is 2.28. The summed E-state index contributed by atoms with van der Waals surface area (Å²) in [5.41, 5.74) is 2.30. The van der Waals surface area contributed by atoms with Gasteiger partial charge in [0.05, 0.1) is 18.2 Å². The summed E-state index contributed by atoms with van der Waals surface area (Å²) in [5, 5.41) is 8.94. The van der Waals surface area contributed by atoms with E-state index < -0.39 is 5.97 Å². The number of hydrogen-bond donors (Lipinski definition) is 1. The molecular weight excluding hydrogens is 330 g/mol. The molecule has 2 unspecified atom stereocenters. The van der Waals surface area contributed by atoms with Gasteiger partial charge in [0, 0.05) is 13.0 Å². The molecule has 0 aromatic heterocycles. The number of hydrogen-bond acceptors (Lipinski definition) is 3. The minimum absolute atomic E-state index is 0.00671. The van der Waals surface area contributed by atoms with E-state index in [1.165, 1.54) is 0 Å². The van der Waals surface area contributed by atoms with E-state index in [0.717, 1.165) is 11.1 Å². The highest BCUT2D eigenvalue weighted by Crippen LogP contribution is 2.25. The first-order valence-electron chi connectivity index (χ1n) is 8.83. The number of aromatic carboxylic acids is 1. The summed E-state index contributed by atoms with van der Waals surface area (Å²) in [7, 11) is 0. The predicted molar refractivity (Wildman–Crippen MR) is 98.0 cm³/mol. The molecule has 1 fully saturated rings. The number of ether oxygens (including phenoxy) is 1. The van der Waals surface area contributed by atoms with E-state index in [2.05, 4.69) is 0 Å². The second-order valence-corrected chi connectivity index (χ2v) is 6.65. The Hall–Kier alpha value is -2.66. The maximum Gasteiger partial charge on any atom is 0.335 e. The number of carboxylic acids is 1. The molecular formula is C21H23NO4. The van der Waals surface area contributed by atoms with Crippen molar-refractivity contribution < 1.29 is 19.4 Å². The summed E-state index contributed by atoms with van der Waals surface area (Å²) in [5.74, 6) is -0.842. The Morgan fingerprint density at radius 1 is 1.08 bits per heavy atom. The number of carbonyl (C=O) groups is 2. The number of morpholine rings is 1. The maximum atomic E-state index is 12.6. The Bertz CT molecular complexity index is 757. The van der Waals surface area contributed by atoms with Crippen molar-refractivity contribution in [3.05, 3.63) is 71.3 Å². The van der Waals surface area contributed by atoms with Crippen LogP contribution in [0.3, 0.4) is 0 Å². The quantitative estimate of drug-likeness (QED) is 0.896. The fourth-order valence-corrected chi connectivity index (χ4v) is 3.23. The molecule has 0 saturated carbocycles. The molecule has 1 heterocycles. The summed E-state index contributed by atoms with van der Waals surface area (Å²) in [6.07, 6.45) is 0.896. The molecule has 0 radical (unpaired) electrons. The van der Waals surface area contributed by atoms with Crippen molar-refractivity contribution in [2.24, 2.45) is 0 Å². The Labute approximate surface area is 153 Å². The molecule has 1 N–H and O–H groups in total. The van der Waals surface area contributed by atoms with Gasteiger partial charge in [-0.25, -0.2) is 4.79 Å². The maximum absolute atomic E-state index is 12.6. The van der Waals surface area contributed by atoms with Gasteiger partial charge in [0.2, 0.25) is 5.91 Å². The molecule has 0 aliphatic carbocycles. The number of benzene rings is 2. The van der Waals surface area contributed by atoms with E-state index in [4.69, 9.17) is 9.84 Å². The molecule has 5 heteroatoms. The van der Waals surface area contributed by atoms with Gasteiger partial charge in [-0.15, -0.1) is 0 Å². The van der Waals surface area contributed by atoms with Gasteiger partial charge in [0.1, 0.15) is 6.10 Å². The van der Waals surface area contributed by atoms with Crippen LogP contribution in [0.2, 0.25) is 0 Å². The molecule has 1 saturated heterocycles. The average Bonchev–Trinajstić information content (AvgIpc) is 2.66. The molecule has 5 nitrogen and oxygen atoms in total. The van der Waals surface area contributed by atoms with Crippen LogP contribution in [-0.4, -0.2) is 41.1 Å². The van der Waals surface area contributed by atoms with Crippen molar-refractivity contribution in [2.75, 3.05) is 13.1 Å². The molecule has 0 spiro atoms. The highest BCUT2D eigenvalue weighted by atomic mass is 16.5. The second-order valence-electron chi connectivity index (χ2n) is 6.65. The lowest BCUT2D eigenvalue weighted by molar-refractivity contribution is -0.144. The Morgan fingerprint density at radius 3 is 2.42 bits per heavy atom. The van der Waals surface area contributed by atoms with Crippen LogP contribution in [0.25, 0.3) is 0 Å². The fourth-order valence-electron chi connectivity index (χ4n) is 3.23. The van der Waals surface area contributed by atoms with Crippen LogP contribution >= 0.6 is 0 Å². The van der Waals surface area contributed by atoms with E-state index in [-0.39, 0.29) is 23.7 Å². The number of rotatable bonds is 5. The van der Waals surface area contributed by atoms with Gasteiger partial charge < -0.3 is 14.7 Å². The summed E-state index contributed by atoms with van der Waals surface area (Å²) in [4.78, 5) is 25.4. The molecule has 2 aromatic rings. The van der Waals surface area contributed by atoms with Crippen LogP contribution in [0.15, 0.2) is 54.6 Å². The topological polar surface area (TPSA) is 66.8 Å². The summed E-state index contributed by atoms with van der Waals surface area (Å²) in [6.45, 7) is 3.14. The molecule has 0 bridgehead atoms. The molecule has 1 amide bonds. The van der Waals surface area contributed by atoms with Crippen LogP contribution in [0, 0.1) is 0 Å².